The molecule has 0 aliphatic carbocycles. The molecule has 0 spiro atoms. The molecule has 0 bridgehead atoms. The maximum atomic E-state index is 10.9. The fourth-order valence-corrected chi connectivity index (χ4v) is 1.52. The van der Waals surface area contributed by atoms with Crippen LogP contribution in [0.5, 0.6) is 0 Å². The monoisotopic (exact) mass is 194 g/mol. The van der Waals surface area contributed by atoms with Crippen molar-refractivity contribution < 1.29 is 8.42 Å². The average Bonchev–Trinajstić information content (AvgIpc) is 1.80. The van der Waals surface area contributed by atoms with Gasteiger partial charge in [0.05, 0.1) is 0 Å². The Bertz CT molecular complexity index is 241. The lowest BCUT2D eigenvalue weighted by Gasteiger charge is -2.33. The Morgan fingerprint density at radius 2 is 1.67 bits per heavy atom. The van der Waals surface area contributed by atoms with Crippen LogP contribution in [-0.2, 0) is 10.2 Å². The molecule has 1 atom stereocenters. The molecule has 74 valence electrons. The van der Waals surface area contributed by atoms with Crippen LogP contribution in [0.1, 0.15) is 27.7 Å². The lowest BCUT2D eigenvalue weighted by Crippen LogP contribution is -2.45. The summed E-state index contributed by atoms with van der Waals surface area (Å²) in [6.45, 7) is 7.75. The van der Waals surface area contributed by atoms with Crippen molar-refractivity contribution in [3.63, 3.8) is 0 Å². The molecule has 0 aromatic rings. The highest BCUT2D eigenvalue weighted by atomic mass is 32.2. The Balaban J connectivity index is 4.64. The maximum absolute atomic E-state index is 10.9. The average molecular weight is 194 g/mol. The number of hydrogen-bond donors (Lipinski definition) is 1. The summed E-state index contributed by atoms with van der Waals surface area (Å²) in [5.41, 5.74) is -0.0960. The van der Waals surface area contributed by atoms with Crippen molar-refractivity contribution in [1.82, 2.24) is 4.31 Å². The van der Waals surface area contributed by atoms with Gasteiger partial charge in [-0.3, -0.25) is 0 Å². The van der Waals surface area contributed by atoms with Crippen molar-refractivity contribution in [3.05, 3.63) is 0 Å². The first-order valence-corrected chi connectivity index (χ1v) is 5.33. The molecule has 0 aromatic heterocycles. The van der Waals surface area contributed by atoms with E-state index >= 15 is 0 Å². The standard InChI is InChI=1S/C7H18N2O2S/c1-6(7(2,3)4)9(5)12(8,10)11/h6H,1-5H3,(H2,8,10,11). The molecule has 1 unspecified atom stereocenters. The zero-order chi connectivity index (χ0) is 10.2. The molecule has 0 radical (unpaired) electrons. The van der Waals surface area contributed by atoms with E-state index in [9.17, 15) is 8.42 Å². The third kappa shape index (κ3) is 3.08. The summed E-state index contributed by atoms with van der Waals surface area (Å²) in [7, 11) is -2.06. The van der Waals surface area contributed by atoms with Crippen LogP contribution in [0.15, 0.2) is 0 Å². The third-order valence-corrected chi connectivity index (χ3v) is 3.32. The van der Waals surface area contributed by atoms with E-state index in [1.165, 1.54) is 11.4 Å². The molecule has 0 heterocycles. The molecule has 2 N–H and O–H groups in total. The molecule has 0 aliphatic rings. The molecule has 4 nitrogen and oxygen atoms in total. The van der Waals surface area contributed by atoms with Crippen molar-refractivity contribution >= 4 is 10.2 Å². The first kappa shape index (κ1) is 11.9. The van der Waals surface area contributed by atoms with Crippen molar-refractivity contribution in [1.29, 1.82) is 0 Å². The Hall–Kier alpha value is -0.130. The van der Waals surface area contributed by atoms with Gasteiger partial charge in [-0.15, -0.1) is 0 Å². The molecule has 0 aliphatic heterocycles. The highest BCUT2D eigenvalue weighted by molar-refractivity contribution is 7.86. The quantitative estimate of drug-likeness (QED) is 0.698. The minimum absolute atomic E-state index is 0.0960. The van der Waals surface area contributed by atoms with Crippen LogP contribution in [0.4, 0.5) is 0 Å². The van der Waals surface area contributed by atoms with Crippen molar-refractivity contribution in [2.24, 2.45) is 10.6 Å². The predicted octanol–water partition coefficient (Wildman–Crippen LogP) is 0.556. The van der Waals surface area contributed by atoms with Crippen molar-refractivity contribution in [3.8, 4) is 0 Å². The number of rotatable bonds is 2. The topological polar surface area (TPSA) is 63.4 Å². The van der Waals surface area contributed by atoms with E-state index in [-0.39, 0.29) is 11.5 Å². The van der Waals surface area contributed by atoms with Gasteiger partial charge in [0.15, 0.2) is 0 Å². The number of nitrogens with two attached hydrogens (primary N) is 1. The summed E-state index contributed by atoms with van der Waals surface area (Å²) in [6.07, 6.45) is 0. The molecule has 12 heavy (non-hydrogen) atoms. The number of hydrogen-bond acceptors (Lipinski definition) is 2. The predicted molar refractivity (Wildman–Crippen MR) is 49.8 cm³/mol. The van der Waals surface area contributed by atoms with Gasteiger partial charge in [0, 0.05) is 13.1 Å². The van der Waals surface area contributed by atoms with Gasteiger partial charge in [-0.1, -0.05) is 20.8 Å². The van der Waals surface area contributed by atoms with Crippen LogP contribution in [0.25, 0.3) is 0 Å². The second kappa shape index (κ2) is 3.32. The molecular formula is C7H18N2O2S. The second-order valence-corrected chi connectivity index (χ2v) is 5.71. The van der Waals surface area contributed by atoms with Gasteiger partial charge < -0.3 is 0 Å². The van der Waals surface area contributed by atoms with Gasteiger partial charge in [0.25, 0.3) is 10.2 Å². The smallest absolute Gasteiger partial charge is 0.216 e. The maximum Gasteiger partial charge on any atom is 0.276 e. The highest BCUT2D eigenvalue weighted by Crippen LogP contribution is 2.23. The van der Waals surface area contributed by atoms with E-state index in [4.69, 9.17) is 5.14 Å². The van der Waals surface area contributed by atoms with E-state index < -0.39 is 10.2 Å². The Morgan fingerprint density at radius 1 is 1.33 bits per heavy atom. The van der Waals surface area contributed by atoms with Crippen molar-refractivity contribution in [2.45, 2.75) is 33.7 Å². The van der Waals surface area contributed by atoms with E-state index in [1.54, 1.807) is 0 Å². The first-order valence-electron chi connectivity index (χ1n) is 3.82. The van der Waals surface area contributed by atoms with Crippen LogP contribution >= 0.6 is 0 Å². The summed E-state index contributed by atoms with van der Waals surface area (Å²) >= 11 is 0. The fourth-order valence-electron chi connectivity index (χ4n) is 0.766. The van der Waals surface area contributed by atoms with Gasteiger partial charge >= 0.3 is 0 Å². The van der Waals surface area contributed by atoms with Crippen LogP contribution in [0.3, 0.4) is 0 Å². The molecule has 0 amide bonds. The van der Waals surface area contributed by atoms with Crippen LogP contribution in [0.2, 0.25) is 0 Å². The van der Waals surface area contributed by atoms with Crippen LogP contribution in [-0.4, -0.2) is 25.8 Å². The van der Waals surface area contributed by atoms with Crippen LogP contribution in [0, 0.1) is 5.41 Å². The summed E-state index contributed by atoms with van der Waals surface area (Å²) in [5, 5.41) is 4.97. The minimum Gasteiger partial charge on any atom is -0.216 e. The molecule has 0 saturated heterocycles. The van der Waals surface area contributed by atoms with Gasteiger partial charge in [0.1, 0.15) is 0 Å². The highest BCUT2D eigenvalue weighted by Gasteiger charge is 2.28. The third-order valence-electron chi connectivity index (χ3n) is 2.20. The van der Waals surface area contributed by atoms with E-state index in [1.807, 2.05) is 27.7 Å². The van der Waals surface area contributed by atoms with Gasteiger partial charge in [-0.05, 0) is 12.3 Å². The Morgan fingerprint density at radius 3 is 1.75 bits per heavy atom. The fraction of sp³-hybridized carbons (Fsp3) is 1.00. The molecule has 0 fully saturated rings. The molecular weight excluding hydrogens is 176 g/mol. The van der Waals surface area contributed by atoms with Crippen molar-refractivity contribution in [2.75, 3.05) is 7.05 Å². The molecule has 0 rings (SSSR count). The largest absolute Gasteiger partial charge is 0.276 e. The molecule has 5 heteroatoms. The van der Waals surface area contributed by atoms with Crippen LogP contribution < -0.4 is 5.14 Å². The van der Waals surface area contributed by atoms with E-state index in [2.05, 4.69) is 0 Å². The first-order chi connectivity index (χ1) is 5.07. The summed E-state index contributed by atoms with van der Waals surface area (Å²) in [5.74, 6) is 0. The normalized spacial score (nSPS) is 16.6. The Kier molecular flexibility index (Phi) is 3.28. The summed E-state index contributed by atoms with van der Waals surface area (Å²) in [4.78, 5) is 0. The SMILES string of the molecule is CC(N(C)S(N)(=O)=O)C(C)(C)C. The zero-order valence-corrected chi connectivity index (χ0v) is 9.14. The van der Waals surface area contributed by atoms with E-state index in [0.29, 0.717) is 0 Å². The number of nitrogens with zero attached hydrogens (tertiary/aromatic N) is 1. The van der Waals surface area contributed by atoms with E-state index in [0.717, 1.165) is 0 Å². The van der Waals surface area contributed by atoms with Gasteiger partial charge in [-0.2, -0.15) is 12.7 Å². The summed E-state index contributed by atoms with van der Waals surface area (Å²) < 4.78 is 23.0. The van der Waals surface area contributed by atoms with Gasteiger partial charge in [0.2, 0.25) is 0 Å². The van der Waals surface area contributed by atoms with Gasteiger partial charge in [-0.25, -0.2) is 5.14 Å². The minimum atomic E-state index is -3.55. The second-order valence-electron chi connectivity index (χ2n) is 4.10. The lowest BCUT2D eigenvalue weighted by atomic mass is 9.88. The Labute approximate surface area is 74.9 Å². The summed E-state index contributed by atoms with van der Waals surface area (Å²) in [6, 6.07) is -0.104. The zero-order valence-electron chi connectivity index (χ0n) is 8.33. The lowest BCUT2D eigenvalue weighted by molar-refractivity contribution is 0.216. The molecule has 0 saturated carbocycles. The molecule has 0 aromatic carbocycles.